The van der Waals surface area contributed by atoms with Crippen LogP contribution >= 0.6 is 12.4 Å². The van der Waals surface area contributed by atoms with Crippen LogP contribution in [0.25, 0.3) is 0 Å². The minimum atomic E-state index is -3.64. The largest absolute Gasteiger partial charge is 0.353 e. The van der Waals surface area contributed by atoms with Crippen molar-refractivity contribution in [1.82, 2.24) is 20.3 Å². The number of rotatable bonds is 10. The van der Waals surface area contributed by atoms with Gasteiger partial charge in [-0.2, -0.15) is 0 Å². The summed E-state index contributed by atoms with van der Waals surface area (Å²) in [6, 6.07) is -0.0467. The molecule has 0 saturated carbocycles. The highest BCUT2D eigenvalue weighted by Crippen LogP contribution is 2.20. The molecule has 154 valence electrons. The molecule has 0 aromatic rings. The first-order valence-corrected chi connectivity index (χ1v) is 10.6. The molecule has 3 N–H and O–H groups in total. The summed E-state index contributed by atoms with van der Waals surface area (Å²) in [6.45, 7) is 5.66. The number of nitrogens with one attached hydrogen (secondary N) is 3. The summed E-state index contributed by atoms with van der Waals surface area (Å²) in [5, 5.41) is 5.74. The maximum atomic E-state index is 12.2. The highest BCUT2D eigenvalue weighted by atomic mass is 35.5. The van der Waals surface area contributed by atoms with E-state index in [0.717, 1.165) is 25.8 Å². The van der Waals surface area contributed by atoms with Crippen LogP contribution in [0.2, 0.25) is 0 Å². The molecule has 1 fully saturated rings. The van der Waals surface area contributed by atoms with E-state index in [2.05, 4.69) is 15.4 Å². The maximum Gasteiger partial charge on any atom is 0.235 e. The van der Waals surface area contributed by atoms with Crippen LogP contribution in [0.1, 0.15) is 39.5 Å². The van der Waals surface area contributed by atoms with Gasteiger partial charge in [0.25, 0.3) is 0 Å². The molecular weight excluding hydrogens is 380 g/mol. The van der Waals surface area contributed by atoms with Gasteiger partial charge in [0, 0.05) is 25.6 Å². The number of likely N-dealkylation sites (tertiary alicyclic amines) is 1. The molecule has 1 aliphatic heterocycles. The molecule has 1 rings (SSSR count). The fourth-order valence-corrected chi connectivity index (χ4v) is 3.76. The standard InChI is InChI=1S/C16H32N4O4S.ClH/c1-13(2)19-15(21)12-18-25(23,24)11-7-16(22)20-9-5-14(6-10-20)4-8-17-3;/h13-14,17-18H,4-12H2,1-3H3,(H,19,21);1H. The number of nitrogens with zero attached hydrogens (tertiary/aromatic N) is 1. The first-order valence-electron chi connectivity index (χ1n) is 8.92. The molecular formula is C16H33ClN4O4S. The number of piperidine rings is 1. The first kappa shape index (κ1) is 25.1. The second-order valence-corrected chi connectivity index (χ2v) is 8.76. The number of carbonyl (C=O) groups is 2. The van der Waals surface area contributed by atoms with Crippen LogP contribution in [0, 0.1) is 5.92 Å². The lowest BCUT2D eigenvalue weighted by atomic mass is 9.93. The topological polar surface area (TPSA) is 108 Å². The number of halogens is 1. The van der Waals surface area contributed by atoms with Crippen LogP contribution in [0.5, 0.6) is 0 Å². The number of amides is 2. The highest BCUT2D eigenvalue weighted by Gasteiger charge is 2.24. The van der Waals surface area contributed by atoms with E-state index >= 15 is 0 Å². The monoisotopic (exact) mass is 412 g/mol. The van der Waals surface area contributed by atoms with E-state index in [1.165, 1.54) is 0 Å². The molecule has 8 nitrogen and oxygen atoms in total. The molecule has 0 aliphatic carbocycles. The van der Waals surface area contributed by atoms with E-state index in [9.17, 15) is 18.0 Å². The summed E-state index contributed by atoms with van der Waals surface area (Å²) < 4.78 is 26.1. The van der Waals surface area contributed by atoms with E-state index < -0.39 is 10.0 Å². The summed E-state index contributed by atoms with van der Waals surface area (Å²) in [4.78, 5) is 25.4. The normalized spacial score (nSPS) is 15.6. The summed E-state index contributed by atoms with van der Waals surface area (Å²) >= 11 is 0. The predicted molar refractivity (Wildman–Crippen MR) is 105 cm³/mol. The molecule has 0 aromatic heterocycles. The molecule has 10 heteroatoms. The molecule has 0 bridgehead atoms. The second kappa shape index (κ2) is 12.5. The van der Waals surface area contributed by atoms with Crippen molar-refractivity contribution < 1.29 is 18.0 Å². The van der Waals surface area contributed by atoms with Crippen LogP contribution in [0.4, 0.5) is 0 Å². The van der Waals surface area contributed by atoms with Gasteiger partial charge in [0.05, 0.1) is 12.3 Å². The van der Waals surface area contributed by atoms with E-state index in [1.54, 1.807) is 18.7 Å². The Balaban J connectivity index is 0.00000625. The predicted octanol–water partition coefficient (Wildman–Crippen LogP) is 0.0904. The van der Waals surface area contributed by atoms with Crippen molar-refractivity contribution in [2.75, 3.05) is 39.0 Å². The minimum Gasteiger partial charge on any atom is -0.353 e. The molecule has 2 amide bonds. The molecule has 0 radical (unpaired) electrons. The zero-order chi connectivity index (χ0) is 18.9. The lowest BCUT2D eigenvalue weighted by molar-refractivity contribution is -0.132. The van der Waals surface area contributed by atoms with Gasteiger partial charge in [0.15, 0.2) is 0 Å². The van der Waals surface area contributed by atoms with Gasteiger partial charge in [0.1, 0.15) is 0 Å². The van der Waals surface area contributed by atoms with Gasteiger partial charge in [-0.1, -0.05) is 0 Å². The Labute approximate surface area is 163 Å². The SMILES string of the molecule is CNCCC1CCN(C(=O)CCS(=O)(=O)NCC(=O)NC(C)C)CC1.Cl. The van der Waals surface area contributed by atoms with Crippen molar-refractivity contribution in [2.45, 2.75) is 45.6 Å². The Kier molecular flexibility index (Phi) is 12.0. The Morgan fingerprint density at radius 1 is 1.19 bits per heavy atom. The van der Waals surface area contributed by atoms with Crippen molar-refractivity contribution in [3.8, 4) is 0 Å². The highest BCUT2D eigenvalue weighted by molar-refractivity contribution is 7.89. The quantitative estimate of drug-likeness (QED) is 0.471. The molecule has 1 heterocycles. The summed E-state index contributed by atoms with van der Waals surface area (Å²) in [7, 11) is -1.71. The van der Waals surface area contributed by atoms with Crippen molar-refractivity contribution in [3.05, 3.63) is 0 Å². The molecule has 1 aliphatic rings. The summed E-state index contributed by atoms with van der Waals surface area (Å²) in [5.74, 6) is -0.181. The fraction of sp³-hybridized carbons (Fsp3) is 0.875. The molecule has 0 aromatic carbocycles. The smallest absolute Gasteiger partial charge is 0.235 e. The zero-order valence-corrected chi connectivity index (χ0v) is 17.5. The first-order chi connectivity index (χ1) is 11.7. The average Bonchev–Trinajstić information content (AvgIpc) is 2.56. The lowest BCUT2D eigenvalue weighted by Gasteiger charge is -2.32. The average molecular weight is 413 g/mol. The van der Waals surface area contributed by atoms with Crippen molar-refractivity contribution in [3.63, 3.8) is 0 Å². The van der Waals surface area contributed by atoms with Crippen molar-refractivity contribution in [1.29, 1.82) is 0 Å². The van der Waals surface area contributed by atoms with E-state index in [4.69, 9.17) is 0 Å². The van der Waals surface area contributed by atoms with Crippen LogP contribution in [-0.4, -0.2) is 70.2 Å². The Morgan fingerprint density at radius 3 is 2.35 bits per heavy atom. The van der Waals surface area contributed by atoms with Crippen molar-refractivity contribution >= 4 is 34.2 Å². The Hall–Kier alpha value is -0.900. The summed E-state index contributed by atoms with van der Waals surface area (Å²) in [5.41, 5.74) is 0. The van der Waals surface area contributed by atoms with Crippen LogP contribution < -0.4 is 15.4 Å². The van der Waals surface area contributed by atoms with E-state index in [1.807, 2.05) is 7.05 Å². The van der Waals surface area contributed by atoms with Gasteiger partial charge in [-0.15, -0.1) is 12.4 Å². The third-order valence-electron chi connectivity index (χ3n) is 4.26. The van der Waals surface area contributed by atoms with Gasteiger partial charge in [-0.05, 0) is 52.6 Å². The molecule has 0 atom stereocenters. The maximum absolute atomic E-state index is 12.2. The number of carbonyl (C=O) groups excluding carboxylic acids is 2. The van der Waals surface area contributed by atoms with Crippen LogP contribution in [0.3, 0.4) is 0 Å². The third-order valence-corrected chi connectivity index (χ3v) is 5.58. The van der Waals surface area contributed by atoms with E-state index in [-0.39, 0.29) is 49.0 Å². The second-order valence-electron chi connectivity index (χ2n) is 6.83. The number of hydrogen-bond donors (Lipinski definition) is 3. The summed E-state index contributed by atoms with van der Waals surface area (Å²) in [6.07, 6.45) is 2.99. The van der Waals surface area contributed by atoms with Gasteiger partial charge >= 0.3 is 0 Å². The zero-order valence-electron chi connectivity index (χ0n) is 15.9. The fourth-order valence-electron chi connectivity index (χ4n) is 2.82. The lowest BCUT2D eigenvalue weighted by Crippen LogP contribution is -2.42. The Bertz CT molecular complexity index is 534. The molecule has 0 spiro atoms. The molecule has 26 heavy (non-hydrogen) atoms. The van der Waals surface area contributed by atoms with Gasteiger partial charge in [-0.3, -0.25) is 9.59 Å². The van der Waals surface area contributed by atoms with Gasteiger partial charge in [0.2, 0.25) is 21.8 Å². The number of sulfonamides is 1. The van der Waals surface area contributed by atoms with E-state index in [0.29, 0.717) is 19.0 Å². The third kappa shape index (κ3) is 10.3. The Morgan fingerprint density at radius 2 is 1.81 bits per heavy atom. The molecule has 1 saturated heterocycles. The van der Waals surface area contributed by atoms with Crippen molar-refractivity contribution in [2.24, 2.45) is 5.92 Å². The minimum absolute atomic E-state index is 0. The van der Waals surface area contributed by atoms with Gasteiger partial charge in [-0.25, -0.2) is 13.1 Å². The van der Waals surface area contributed by atoms with Crippen LogP contribution in [0.15, 0.2) is 0 Å². The number of hydrogen-bond acceptors (Lipinski definition) is 5. The van der Waals surface area contributed by atoms with Gasteiger partial charge < -0.3 is 15.5 Å². The van der Waals surface area contributed by atoms with Crippen LogP contribution in [-0.2, 0) is 19.6 Å². The molecule has 0 unspecified atom stereocenters.